The van der Waals surface area contributed by atoms with Crippen molar-refractivity contribution in [1.82, 2.24) is 30.2 Å². The Morgan fingerprint density at radius 2 is 1.84 bits per heavy atom. The number of nitrogens with zero attached hydrogens (tertiary/aromatic N) is 3. The van der Waals surface area contributed by atoms with Crippen LogP contribution < -0.4 is 26.2 Å². The van der Waals surface area contributed by atoms with E-state index in [1.54, 1.807) is 68.8 Å². The summed E-state index contributed by atoms with van der Waals surface area (Å²) < 4.78 is 30.1. The number of hydrogen-bond donors (Lipinski definition) is 6. The maximum absolute atomic E-state index is 14.3. The molecule has 1 fully saturated rings. The third-order valence-corrected chi connectivity index (χ3v) is 12.1. The Hall–Kier alpha value is -6.25. The highest BCUT2D eigenvalue weighted by Gasteiger charge is 2.52. The van der Waals surface area contributed by atoms with Crippen molar-refractivity contribution in [1.29, 1.82) is 0 Å². The lowest BCUT2D eigenvalue weighted by molar-refractivity contribution is -0.272. The van der Waals surface area contributed by atoms with E-state index in [2.05, 4.69) is 25.9 Å². The number of aromatic amines is 1. The SMILES string of the molecule is CCC1(OC(=O)[C@@H](NC(=O)[C@H](Cc2cnc[nH]2)NC(=S)Nc2ccc(O[C@H]3O[C@@H](C)[C@@H](O)[C@@H](OC)[C@@H]3O)cc2)C(C)C)C(=O)OCc2c1cc1n(c2=O)Cc2cc3ccccc3nc2-1. The van der Waals surface area contributed by atoms with E-state index in [9.17, 15) is 29.4 Å². The number of H-pyrrole nitrogens is 1. The highest BCUT2D eigenvalue weighted by molar-refractivity contribution is 7.80. The second-order valence-electron chi connectivity index (χ2n) is 16.4. The molecule has 64 heavy (non-hydrogen) atoms. The van der Waals surface area contributed by atoms with Gasteiger partial charge in [0.15, 0.2) is 5.11 Å². The van der Waals surface area contributed by atoms with Gasteiger partial charge in [0.2, 0.25) is 17.8 Å². The number of aromatic nitrogens is 4. The van der Waals surface area contributed by atoms with E-state index in [0.717, 1.165) is 16.5 Å². The monoisotopic (exact) mass is 895 g/mol. The van der Waals surface area contributed by atoms with Gasteiger partial charge < -0.3 is 59.4 Å². The van der Waals surface area contributed by atoms with E-state index in [4.69, 9.17) is 40.9 Å². The first-order valence-corrected chi connectivity index (χ1v) is 21.3. The van der Waals surface area contributed by atoms with Crippen LogP contribution in [0.2, 0.25) is 0 Å². The van der Waals surface area contributed by atoms with Crippen molar-refractivity contribution in [3.05, 3.63) is 106 Å². The number of hydrogen-bond acceptors (Lipinski definition) is 14. The molecule has 336 valence electrons. The zero-order valence-corrected chi connectivity index (χ0v) is 36.5. The van der Waals surface area contributed by atoms with E-state index >= 15 is 0 Å². The minimum atomic E-state index is -1.99. The Bertz CT molecular complexity index is 2640. The number of pyridine rings is 2. The van der Waals surface area contributed by atoms with Crippen LogP contribution in [0.25, 0.3) is 22.3 Å². The van der Waals surface area contributed by atoms with Crippen LogP contribution in [0.15, 0.2) is 78.0 Å². The lowest BCUT2D eigenvalue weighted by Gasteiger charge is -2.40. The van der Waals surface area contributed by atoms with Crippen LogP contribution in [0, 0.1) is 5.92 Å². The summed E-state index contributed by atoms with van der Waals surface area (Å²) >= 11 is 5.63. The first-order chi connectivity index (χ1) is 30.7. The van der Waals surface area contributed by atoms with Gasteiger partial charge in [0.1, 0.15) is 42.8 Å². The third kappa shape index (κ3) is 8.44. The Morgan fingerprint density at radius 1 is 1.08 bits per heavy atom. The molecule has 6 N–H and O–H groups in total. The fraction of sp³-hybridized carbons (Fsp3) is 0.400. The van der Waals surface area contributed by atoms with Crippen LogP contribution in [-0.4, -0.2) is 103 Å². The minimum Gasteiger partial charge on any atom is -0.462 e. The van der Waals surface area contributed by atoms with Crippen molar-refractivity contribution in [2.24, 2.45) is 5.92 Å². The quantitative estimate of drug-likeness (QED) is 0.0722. The van der Waals surface area contributed by atoms with Crippen molar-refractivity contribution < 1.29 is 48.3 Å². The molecule has 6 heterocycles. The van der Waals surface area contributed by atoms with Crippen molar-refractivity contribution in [2.75, 3.05) is 12.4 Å². The number of fused-ring (bicyclic) bond motifs is 5. The highest BCUT2D eigenvalue weighted by Crippen LogP contribution is 2.41. The number of nitrogens with one attached hydrogen (secondary N) is 4. The lowest BCUT2D eigenvalue weighted by Crippen LogP contribution is -2.59. The van der Waals surface area contributed by atoms with Gasteiger partial charge in [-0.3, -0.25) is 9.59 Å². The van der Waals surface area contributed by atoms with Crippen LogP contribution >= 0.6 is 12.2 Å². The number of thiocarbonyl (C=S) groups is 1. The molecular weight excluding hydrogens is 847 g/mol. The predicted molar refractivity (Wildman–Crippen MR) is 235 cm³/mol. The summed E-state index contributed by atoms with van der Waals surface area (Å²) in [5.74, 6) is -2.51. The molecule has 0 saturated carbocycles. The van der Waals surface area contributed by atoms with Crippen molar-refractivity contribution >= 4 is 51.8 Å². The number of para-hydroxylation sites is 1. The summed E-state index contributed by atoms with van der Waals surface area (Å²) in [7, 11) is 1.38. The topological polar surface area (TPSA) is 237 Å². The average Bonchev–Trinajstić information content (AvgIpc) is 3.93. The molecule has 1 amide bonds. The Morgan fingerprint density at radius 3 is 2.55 bits per heavy atom. The largest absolute Gasteiger partial charge is 0.462 e. The standard InChI is InChI=1S/C45H49N7O11S/c1-6-45(30-17-33-35-25(15-24-9-7-8-10-31(24)49-35)19-52(33)40(56)29(30)20-60-43(45)58)63-41(57)34(22(2)3)51-39(55)32(16-27-18-46-21-47-27)50-44(64)48-26-11-13-28(14-12-26)62-42-37(54)38(59-5)36(53)23(4)61-42/h7-15,17-18,21-23,32,34,36-38,42,53-54H,6,16,19-20H2,1-5H3,(H,46,47)(H,51,55)(H2,48,50,64)/t23-,32-,34-,36+,37-,38+,42+,45?/m0/s1. The normalized spacial score (nSPS) is 23.2. The van der Waals surface area contributed by atoms with Gasteiger partial charge in [-0.1, -0.05) is 39.0 Å². The Kier molecular flexibility index (Phi) is 12.5. The van der Waals surface area contributed by atoms with Crippen molar-refractivity contribution in [2.45, 2.75) is 102 Å². The van der Waals surface area contributed by atoms with E-state index in [0.29, 0.717) is 28.5 Å². The number of methoxy groups -OCH3 is 1. The first kappa shape index (κ1) is 44.4. The van der Waals surface area contributed by atoms with Gasteiger partial charge in [-0.15, -0.1) is 0 Å². The molecule has 3 aromatic heterocycles. The van der Waals surface area contributed by atoms with Crippen LogP contribution in [0.4, 0.5) is 5.69 Å². The molecule has 3 aliphatic heterocycles. The zero-order chi connectivity index (χ0) is 45.4. The first-order valence-electron chi connectivity index (χ1n) is 20.9. The number of carbonyl (C=O) groups excluding carboxylic acids is 3. The molecule has 1 saturated heterocycles. The molecule has 0 aliphatic carbocycles. The molecule has 2 aromatic carbocycles. The number of amides is 1. The van der Waals surface area contributed by atoms with Crippen LogP contribution in [0.1, 0.15) is 56.5 Å². The average molecular weight is 896 g/mol. The molecule has 0 bridgehead atoms. The van der Waals surface area contributed by atoms with Gasteiger partial charge in [0, 0.05) is 47.6 Å². The molecule has 18 nitrogen and oxygen atoms in total. The zero-order valence-electron chi connectivity index (χ0n) is 35.7. The number of anilines is 1. The van der Waals surface area contributed by atoms with Crippen LogP contribution in [0.5, 0.6) is 5.75 Å². The van der Waals surface area contributed by atoms with Crippen LogP contribution in [0.3, 0.4) is 0 Å². The summed E-state index contributed by atoms with van der Waals surface area (Å²) in [6.45, 7) is 6.74. The van der Waals surface area contributed by atoms with E-state index in [-0.39, 0.29) is 47.8 Å². The Labute approximate surface area is 372 Å². The fourth-order valence-electron chi connectivity index (χ4n) is 8.34. The number of esters is 2. The second-order valence-corrected chi connectivity index (χ2v) is 16.8. The molecule has 0 spiro atoms. The van der Waals surface area contributed by atoms with Gasteiger partial charge in [0.05, 0.1) is 41.4 Å². The number of cyclic esters (lactones) is 1. The fourth-order valence-corrected chi connectivity index (χ4v) is 8.60. The number of rotatable bonds is 13. The second kappa shape index (κ2) is 18.1. The minimum absolute atomic E-state index is 0.0603. The van der Waals surface area contributed by atoms with Crippen molar-refractivity contribution in [3.8, 4) is 17.1 Å². The van der Waals surface area contributed by atoms with Gasteiger partial charge in [-0.25, -0.2) is 19.6 Å². The van der Waals surface area contributed by atoms with E-state index in [1.165, 1.54) is 13.4 Å². The maximum atomic E-state index is 14.3. The van der Waals surface area contributed by atoms with E-state index in [1.807, 2.05) is 30.3 Å². The summed E-state index contributed by atoms with van der Waals surface area (Å²) in [5, 5.41) is 30.8. The number of imidazole rings is 1. The molecule has 1 unspecified atom stereocenters. The van der Waals surface area contributed by atoms with Gasteiger partial charge in [-0.05, 0) is 73.9 Å². The van der Waals surface area contributed by atoms with Crippen molar-refractivity contribution in [3.63, 3.8) is 0 Å². The molecule has 3 aliphatic rings. The molecule has 0 radical (unpaired) electrons. The lowest BCUT2D eigenvalue weighted by atomic mass is 9.85. The molecule has 8 rings (SSSR count). The van der Waals surface area contributed by atoms with Gasteiger partial charge in [0.25, 0.3) is 5.56 Å². The van der Waals surface area contributed by atoms with Gasteiger partial charge in [-0.2, -0.15) is 0 Å². The number of benzene rings is 2. The summed E-state index contributed by atoms with van der Waals surface area (Å²) in [5.41, 5.74) is 1.84. The number of aliphatic hydroxyl groups is 2. The summed E-state index contributed by atoms with van der Waals surface area (Å²) in [6, 6.07) is 15.6. The summed E-state index contributed by atoms with van der Waals surface area (Å²) in [4.78, 5) is 68.4. The maximum Gasteiger partial charge on any atom is 0.355 e. The van der Waals surface area contributed by atoms with Crippen LogP contribution in [-0.2, 0) is 58.5 Å². The molecule has 19 heteroatoms. The molecular formula is C45H49N7O11S. The smallest absolute Gasteiger partial charge is 0.355 e. The number of carbonyl (C=O) groups is 3. The molecule has 8 atom stereocenters. The predicted octanol–water partition coefficient (Wildman–Crippen LogP) is 2.95. The summed E-state index contributed by atoms with van der Waals surface area (Å²) in [6.07, 6.45) is -1.89. The van der Waals surface area contributed by atoms with Gasteiger partial charge >= 0.3 is 11.9 Å². The molecule has 5 aromatic rings. The van der Waals surface area contributed by atoms with E-state index < -0.39 is 72.2 Å². The number of aliphatic hydroxyl groups excluding tert-OH is 2. The third-order valence-electron chi connectivity index (χ3n) is 11.9. The number of ether oxygens (including phenoxy) is 5. The Balaban J connectivity index is 0.986. The highest BCUT2D eigenvalue weighted by atomic mass is 32.1.